The standard InChI is InChI=1S/C12H14FN2/c1-9-8-10(13)4-5-11(9)12-14(2)6-7-15(12)3/h4-8H,1-3H3/q+1. The highest BCUT2D eigenvalue weighted by molar-refractivity contribution is 5.57. The van der Waals surface area contributed by atoms with Crippen LogP contribution < -0.4 is 4.57 Å². The molecule has 1 aromatic heterocycles. The van der Waals surface area contributed by atoms with E-state index in [-0.39, 0.29) is 5.82 Å². The van der Waals surface area contributed by atoms with Crippen molar-refractivity contribution < 1.29 is 8.96 Å². The first-order valence-corrected chi connectivity index (χ1v) is 4.87. The predicted molar refractivity (Wildman–Crippen MR) is 56.7 cm³/mol. The first-order valence-electron chi connectivity index (χ1n) is 4.87. The molecule has 0 fully saturated rings. The van der Waals surface area contributed by atoms with Gasteiger partial charge in [-0.25, -0.2) is 13.5 Å². The van der Waals surface area contributed by atoms with Crippen LogP contribution in [0.2, 0.25) is 0 Å². The fraction of sp³-hybridized carbons (Fsp3) is 0.250. The quantitative estimate of drug-likeness (QED) is 0.629. The molecule has 0 spiro atoms. The molecule has 0 saturated carbocycles. The van der Waals surface area contributed by atoms with Crippen molar-refractivity contribution in [2.24, 2.45) is 14.1 Å². The minimum absolute atomic E-state index is 0.187. The van der Waals surface area contributed by atoms with Crippen molar-refractivity contribution in [1.29, 1.82) is 0 Å². The lowest BCUT2D eigenvalue weighted by Crippen LogP contribution is -2.29. The zero-order valence-electron chi connectivity index (χ0n) is 9.16. The van der Waals surface area contributed by atoms with Gasteiger partial charge in [0.25, 0.3) is 5.82 Å². The third kappa shape index (κ3) is 1.65. The van der Waals surface area contributed by atoms with Crippen molar-refractivity contribution in [3.63, 3.8) is 0 Å². The number of aryl methyl sites for hydroxylation is 3. The van der Waals surface area contributed by atoms with Gasteiger partial charge in [0.05, 0.1) is 19.7 Å². The fourth-order valence-electron chi connectivity index (χ4n) is 1.85. The summed E-state index contributed by atoms with van der Waals surface area (Å²) in [5.74, 6) is 0.889. The summed E-state index contributed by atoms with van der Waals surface area (Å²) < 4.78 is 17.0. The summed E-state index contributed by atoms with van der Waals surface area (Å²) in [6, 6.07) is 4.87. The summed E-state index contributed by atoms with van der Waals surface area (Å²) in [7, 11) is 3.97. The molecule has 0 amide bonds. The van der Waals surface area contributed by atoms with Crippen molar-refractivity contribution in [3.05, 3.63) is 42.0 Å². The lowest BCUT2D eigenvalue weighted by atomic mass is 10.1. The molecule has 0 saturated heterocycles. The third-order valence-corrected chi connectivity index (χ3v) is 2.61. The molecule has 0 aliphatic carbocycles. The molecule has 1 heterocycles. The molecule has 0 radical (unpaired) electrons. The molecule has 0 bridgehead atoms. The monoisotopic (exact) mass is 205 g/mol. The second-order valence-electron chi connectivity index (χ2n) is 3.80. The molecule has 0 atom stereocenters. The summed E-state index contributed by atoms with van der Waals surface area (Å²) in [6.45, 7) is 1.92. The van der Waals surface area contributed by atoms with Crippen LogP contribution in [0.3, 0.4) is 0 Å². The number of benzene rings is 1. The number of nitrogens with zero attached hydrogens (tertiary/aromatic N) is 2. The van der Waals surface area contributed by atoms with Crippen LogP contribution in [0.1, 0.15) is 5.56 Å². The van der Waals surface area contributed by atoms with E-state index in [4.69, 9.17) is 0 Å². The summed E-state index contributed by atoms with van der Waals surface area (Å²) in [6.07, 6.45) is 3.97. The highest BCUT2D eigenvalue weighted by atomic mass is 19.1. The second kappa shape index (κ2) is 3.50. The summed E-state index contributed by atoms with van der Waals surface area (Å²) in [5, 5.41) is 0. The first-order chi connectivity index (χ1) is 7.09. The van der Waals surface area contributed by atoms with Gasteiger partial charge in [-0.2, -0.15) is 0 Å². The second-order valence-corrected chi connectivity index (χ2v) is 3.80. The number of rotatable bonds is 1. The average Bonchev–Trinajstić information content (AvgIpc) is 2.48. The van der Waals surface area contributed by atoms with Gasteiger partial charge in [0, 0.05) is 0 Å². The topological polar surface area (TPSA) is 8.81 Å². The Bertz CT molecular complexity index is 481. The Morgan fingerprint density at radius 2 is 2.07 bits per heavy atom. The van der Waals surface area contributed by atoms with Crippen LogP contribution in [0.25, 0.3) is 11.4 Å². The SMILES string of the molecule is Cc1cc(F)ccc1-c1n(C)cc[n+]1C. The van der Waals surface area contributed by atoms with Gasteiger partial charge in [-0.15, -0.1) is 0 Å². The maximum atomic E-state index is 13.0. The fourth-order valence-corrected chi connectivity index (χ4v) is 1.85. The van der Waals surface area contributed by atoms with E-state index in [2.05, 4.69) is 0 Å². The molecule has 0 aliphatic rings. The van der Waals surface area contributed by atoms with E-state index in [0.717, 1.165) is 17.0 Å². The van der Waals surface area contributed by atoms with Gasteiger partial charge in [-0.05, 0) is 30.7 Å². The number of hydrogen-bond donors (Lipinski definition) is 0. The summed E-state index contributed by atoms with van der Waals surface area (Å²) >= 11 is 0. The average molecular weight is 205 g/mol. The van der Waals surface area contributed by atoms with Crippen molar-refractivity contribution in [3.8, 4) is 11.4 Å². The van der Waals surface area contributed by atoms with Gasteiger partial charge < -0.3 is 0 Å². The molecular weight excluding hydrogens is 191 g/mol. The van der Waals surface area contributed by atoms with E-state index in [1.807, 2.05) is 48.6 Å². The van der Waals surface area contributed by atoms with Crippen molar-refractivity contribution in [1.82, 2.24) is 4.57 Å². The zero-order valence-corrected chi connectivity index (χ0v) is 9.16. The molecule has 0 N–H and O–H groups in total. The highest BCUT2D eigenvalue weighted by Crippen LogP contribution is 2.20. The molecule has 0 aliphatic heterocycles. The normalized spacial score (nSPS) is 10.7. The van der Waals surface area contributed by atoms with Crippen LogP contribution in [-0.4, -0.2) is 4.57 Å². The van der Waals surface area contributed by atoms with Crippen LogP contribution in [0.5, 0.6) is 0 Å². The van der Waals surface area contributed by atoms with E-state index >= 15 is 0 Å². The molecule has 2 nitrogen and oxygen atoms in total. The van der Waals surface area contributed by atoms with Gasteiger partial charge in [0.15, 0.2) is 0 Å². The number of hydrogen-bond acceptors (Lipinski definition) is 0. The Labute approximate surface area is 88.6 Å². The smallest absolute Gasteiger partial charge is 0.233 e. The molecule has 2 rings (SSSR count). The first kappa shape index (κ1) is 9.90. The minimum Gasteiger partial charge on any atom is -0.233 e. The van der Waals surface area contributed by atoms with Crippen molar-refractivity contribution >= 4 is 0 Å². The maximum absolute atomic E-state index is 13.0. The number of halogens is 1. The Kier molecular flexibility index (Phi) is 2.31. The summed E-state index contributed by atoms with van der Waals surface area (Å²) in [4.78, 5) is 0. The Hall–Kier alpha value is -1.64. The molecule has 0 unspecified atom stereocenters. The van der Waals surface area contributed by atoms with Gasteiger partial charge in [-0.3, -0.25) is 0 Å². The van der Waals surface area contributed by atoms with Crippen LogP contribution in [0.15, 0.2) is 30.6 Å². The third-order valence-electron chi connectivity index (χ3n) is 2.61. The molecule has 1 aromatic carbocycles. The van der Waals surface area contributed by atoms with E-state index in [1.54, 1.807) is 6.07 Å². The van der Waals surface area contributed by atoms with Crippen LogP contribution in [0.4, 0.5) is 4.39 Å². The largest absolute Gasteiger partial charge is 0.288 e. The molecule has 15 heavy (non-hydrogen) atoms. The van der Waals surface area contributed by atoms with Crippen LogP contribution >= 0.6 is 0 Å². The highest BCUT2D eigenvalue weighted by Gasteiger charge is 2.16. The number of aromatic nitrogens is 2. The minimum atomic E-state index is -0.187. The molecule has 2 aromatic rings. The van der Waals surface area contributed by atoms with Crippen LogP contribution in [0, 0.1) is 12.7 Å². The van der Waals surface area contributed by atoms with Gasteiger partial charge in [-0.1, -0.05) is 0 Å². The van der Waals surface area contributed by atoms with Gasteiger partial charge in [0.1, 0.15) is 18.2 Å². The van der Waals surface area contributed by atoms with Crippen LogP contribution in [-0.2, 0) is 14.1 Å². The lowest BCUT2D eigenvalue weighted by Gasteiger charge is -2.03. The Morgan fingerprint density at radius 1 is 1.33 bits per heavy atom. The van der Waals surface area contributed by atoms with E-state index in [9.17, 15) is 4.39 Å². The van der Waals surface area contributed by atoms with Crippen molar-refractivity contribution in [2.45, 2.75) is 6.92 Å². The van der Waals surface area contributed by atoms with Gasteiger partial charge >= 0.3 is 0 Å². The predicted octanol–water partition coefficient (Wildman–Crippen LogP) is 1.96. The summed E-state index contributed by atoms with van der Waals surface area (Å²) in [5.41, 5.74) is 2.01. The molecule has 78 valence electrons. The Morgan fingerprint density at radius 3 is 2.60 bits per heavy atom. The van der Waals surface area contributed by atoms with Crippen molar-refractivity contribution in [2.75, 3.05) is 0 Å². The maximum Gasteiger partial charge on any atom is 0.288 e. The lowest BCUT2D eigenvalue weighted by molar-refractivity contribution is -0.659. The van der Waals surface area contributed by atoms with E-state index < -0.39 is 0 Å². The Balaban J connectivity index is 2.64. The molecular formula is C12H14FN2+. The number of imidazole rings is 1. The van der Waals surface area contributed by atoms with E-state index in [1.165, 1.54) is 6.07 Å². The molecule has 3 heteroatoms. The zero-order chi connectivity index (χ0) is 11.0. The van der Waals surface area contributed by atoms with E-state index in [0.29, 0.717) is 0 Å². The van der Waals surface area contributed by atoms with Gasteiger partial charge in [0.2, 0.25) is 0 Å².